The predicted octanol–water partition coefficient (Wildman–Crippen LogP) is 5.57. The first-order chi connectivity index (χ1) is 21.5. The summed E-state index contributed by atoms with van der Waals surface area (Å²) in [6.45, 7) is 6.06. The van der Waals surface area contributed by atoms with Crippen LogP contribution in [-0.2, 0) is 31.6 Å². The van der Waals surface area contributed by atoms with E-state index in [2.05, 4.69) is 10.0 Å². The van der Waals surface area contributed by atoms with Crippen LogP contribution in [0.1, 0.15) is 46.5 Å². The quantitative estimate of drug-likeness (QED) is 0.221. The number of amides is 1. The second kappa shape index (κ2) is 11.7. The number of halogens is 2. The highest BCUT2D eigenvalue weighted by molar-refractivity contribution is 7.92. The summed E-state index contributed by atoms with van der Waals surface area (Å²) in [4.78, 5) is 39.2. The fourth-order valence-corrected chi connectivity index (χ4v) is 7.53. The Balaban J connectivity index is 1.44. The van der Waals surface area contributed by atoms with Crippen LogP contribution in [0.15, 0.2) is 64.5 Å². The molecule has 0 saturated carbocycles. The van der Waals surface area contributed by atoms with Crippen LogP contribution < -0.4 is 19.5 Å². The number of methoxy groups -OCH3 is 1. The van der Waals surface area contributed by atoms with Gasteiger partial charge < -0.3 is 25.0 Å². The number of phenolic OH excluding ortho intramolecular Hbond substituents is 1. The number of fused-ring (bicyclic) bond motifs is 3. The highest BCUT2D eigenvalue weighted by Gasteiger charge is 2.55. The summed E-state index contributed by atoms with van der Waals surface area (Å²) in [5, 5.41) is 24.4. The van der Waals surface area contributed by atoms with Crippen molar-refractivity contribution in [3.63, 3.8) is 0 Å². The van der Waals surface area contributed by atoms with Crippen LogP contribution in [0, 0.1) is 13.8 Å². The van der Waals surface area contributed by atoms with Crippen LogP contribution in [0.5, 0.6) is 17.2 Å². The number of phenols is 1. The second-order valence-corrected chi connectivity index (χ2v) is 13.5. The molecule has 3 aromatic carbocycles. The van der Waals surface area contributed by atoms with Gasteiger partial charge in [-0.1, -0.05) is 23.2 Å². The van der Waals surface area contributed by atoms with Gasteiger partial charge >= 0.3 is 0 Å². The number of aliphatic hydroxyl groups is 1. The molecule has 2 aliphatic rings. The third-order valence-electron chi connectivity index (χ3n) is 7.99. The first kappa shape index (κ1) is 32.9. The van der Waals surface area contributed by atoms with Gasteiger partial charge in [-0.3, -0.25) is 19.1 Å². The largest absolute Gasteiger partial charge is 0.507 e. The van der Waals surface area contributed by atoms with Crippen LogP contribution in [-0.4, -0.2) is 43.2 Å². The fraction of sp³-hybridized carbons (Fsp3) is 0.219. The van der Waals surface area contributed by atoms with Gasteiger partial charge in [-0.05, 0) is 74.7 Å². The smallest absolute Gasteiger partial charge is 0.263 e. The van der Waals surface area contributed by atoms with Crippen molar-refractivity contribution in [3.8, 4) is 17.2 Å². The highest BCUT2D eigenvalue weighted by atomic mass is 35.5. The van der Waals surface area contributed by atoms with Crippen molar-refractivity contribution in [1.29, 1.82) is 0 Å². The van der Waals surface area contributed by atoms with Crippen molar-refractivity contribution in [1.82, 2.24) is 5.32 Å². The molecule has 0 bridgehead atoms. The first-order valence-electron chi connectivity index (χ1n) is 13.7. The minimum atomic E-state index is -4.04. The number of Topliss-reactive ketones (excluding diaryl/α,β-unsaturated/α-hetero) is 2. The van der Waals surface area contributed by atoms with Crippen LogP contribution in [0.4, 0.5) is 5.69 Å². The number of ketones is 2. The van der Waals surface area contributed by atoms with Crippen LogP contribution in [0.25, 0.3) is 0 Å². The standard InChI is InChI=1S/C32H28Cl2N2O9S/c1-14-8-18(36-46(42,43)24-7-6-17(33)10-20(24)34)9-15(2)19(14)13-35-31(41)27-23(44-5)11-22(39)28-29(27)45-25-12-21(38)26(16(3)37)30(40)32(25,28)4/h6-12,36,38-39H,13H2,1-5H3,(H,35,41)/t32-/m1/s1. The number of aliphatic hydroxyl groups excluding tert-OH is 1. The summed E-state index contributed by atoms with van der Waals surface area (Å²) >= 11 is 12.0. The van der Waals surface area contributed by atoms with Gasteiger partial charge in [-0.25, -0.2) is 8.42 Å². The number of carbonyl (C=O) groups is 3. The van der Waals surface area contributed by atoms with E-state index in [1.165, 1.54) is 38.3 Å². The molecule has 1 amide bonds. The molecule has 0 fully saturated rings. The Morgan fingerprint density at radius 2 is 1.72 bits per heavy atom. The summed E-state index contributed by atoms with van der Waals surface area (Å²) in [6.07, 6.45) is 1.12. The van der Waals surface area contributed by atoms with Crippen molar-refractivity contribution < 1.29 is 42.5 Å². The monoisotopic (exact) mass is 686 g/mol. The number of anilines is 1. The molecule has 0 saturated heterocycles. The average molecular weight is 688 g/mol. The van der Waals surface area contributed by atoms with Crippen molar-refractivity contribution in [3.05, 3.63) is 97.4 Å². The molecule has 14 heteroatoms. The molecule has 0 radical (unpaired) electrons. The lowest BCUT2D eigenvalue weighted by Gasteiger charge is -2.27. The van der Waals surface area contributed by atoms with Crippen LogP contribution in [0.2, 0.25) is 10.0 Å². The van der Waals surface area contributed by atoms with E-state index in [9.17, 15) is 33.0 Å². The molecule has 5 rings (SSSR count). The van der Waals surface area contributed by atoms with Crippen LogP contribution >= 0.6 is 23.2 Å². The van der Waals surface area contributed by atoms with Gasteiger partial charge in [-0.15, -0.1) is 0 Å². The number of ether oxygens (including phenoxy) is 2. The lowest BCUT2D eigenvalue weighted by molar-refractivity contribution is -0.123. The third kappa shape index (κ3) is 5.36. The Morgan fingerprint density at radius 3 is 2.30 bits per heavy atom. The Morgan fingerprint density at radius 1 is 1.07 bits per heavy atom. The van der Waals surface area contributed by atoms with E-state index < -0.39 is 50.0 Å². The van der Waals surface area contributed by atoms with E-state index >= 15 is 0 Å². The van der Waals surface area contributed by atoms with E-state index in [0.717, 1.165) is 13.0 Å². The Kier molecular flexibility index (Phi) is 8.35. The summed E-state index contributed by atoms with van der Waals surface area (Å²) in [5.74, 6) is -3.40. The Bertz CT molecular complexity index is 2030. The van der Waals surface area contributed by atoms with Gasteiger partial charge in [0.15, 0.2) is 17.3 Å². The number of benzene rings is 3. The van der Waals surface area contributed by atoms with E-state index in [-0.39, 0.29) is 50.5 Å². The molecule has 3 aromatic rings. The zero-order chi connectivity index (χ0) is 33.9. The third-order valence-corrected chi connectivity index (χ3v) is 10.1. The Labute approximate surface area is 274 Å². The number of rotatable bonds is 8. The van der Waals surface area contributed by atoms with Crippen molar-refractivity contribution in [2.75, 3.05) is 11.8 Å². The molecule has 46 heavy (non-hydrogen) atoms. The molecular weight excluding hydrogens is 659 g/mol. The minimum absolute atomic E-state index is 0.00106. The molecule has 11 nitrogen and oxygen atoms in total. The molecule has 1 heterocycles. The maximum atomic E-state index is 13.7. The number of hydrogen-bond acceptors (Lipinski definition) is 9. The number of hydrogen-bond donors (Lipinski definition) is 4. The van der Waals surface area contributed by atoms with E-state index in [1.807, 2.05) is 0 Å². The summed E-state index contributed by atoms with van der Waals surface area (Å²) < 4.78 is 39.8. The lowest BCUT2D eigenvalue weighted by Crippen LogP contribution is -2.38. The molecule has 240 valence electrons. The zero-order valence-electron chi connectivity index (χ0n) is 25.2. The van der Waals surface area contributed by atoms with Gasteiger partial charge in [0.2, 0.25) is 0 Å². The predicted molar refractivity (Wildman–Crippen MR) is 170 cm³/mol. The second-order valence-electron chi connectivity index (χ2n) is 11.0. The van der Waals surface area contributed by atoms with Crippen molar-refractivity contribution in [2.24, 2.45) is 0 Å². The van der Waals surface area contributed by atoms with Gasteiger partial charge in [-0.2, -0.15) is 0 Å². The van der Waals surface area contributed by atoms with E-state index in [4.69, 9.17) is 32.7 Å². The summed E-state index contributed by atoms with van der Waals surface area (Å²) in [6, 6.07) is 8.44. The summed E-state index contributed by atoms with van der Waals surface area (Å²) in [7, 11) is -2.75. The molecule has 1 atom stereocenters. The van der Waals surface area contributed by atoms with Gasteiger partial charge in [0.05, 0.1) is 17.7 Å². The van der Waals surface area contributed by atoms with Crippen molar-refractivity contribution >= 4 is 56.4 Å². The fourth-order valence-electron chi connectivity index (χ4n) is 5.71. The first-order valence-corrected chi connectivity index (χ1v) is 15.9. The molecule has 4 N–H and O–H groups in total. The summed E-state index contributed by atoms with van der Waals surface area (Å²) in [5.41, 5.74) is -0.0296. The van der Waals surface area contributed by atoms with Crippen molar-refractivity contribution in [2.45, 2.75) is 44.6 Å². The van der Waals surface area contributed by atoms with Gasteiger partial charge in [0.1, 0.15) is 44.5 Å². The number of carbonyl (C=O) groups excluding carboxylic acids is 3. The van der Waals surface area contributed by atoms with Gasteiger partial charge in [0, 0.05) is 29.4 Å². The lowest BCUT2D eigenvalue weighted by atomic mass is 9.71. The normalized spacial score (nSPS) is 17.1. The molecular formula is C32H28Cl2N2O9S. The van der Waals surface area contributed by atoms with Gasteiger partial charge in [0.25, 0.3) is 15.9 Å². The molecule has 0 unspecified atom stereocenters. The molecule has 1 aliphatic carbocycles. The number of aromatic hydroxyl groups is 1. The number of aryl methyl sites for hydroxylation is 2. The van der Waals surface area contributed by atoms with Crippen LogP contribution in [0.3, 0.4) is 0 Å². The highest BCUT2D eigenvalue weighted by Crippen LogP contribution is 2.56. The maximum Gasteiger partial charge on any atom is 0.263 e. The molecule has 0 spiro atoms. The minimum Gasteiger partial charge on any atom is -0.507 e. The molecule has 0 aromatic heterocycles. The number of sulfonamides is 1. The SMILES string of the molecule is COc1cc(O)c2c(c1C(=O)NCc1c(C)cc(NS(=O)(=O)c3ccc(Cl)cc3Cl)cc1C)OC1=CC(O)=C(C(C)=O)C(=O)[C@]12C. The average Bonchev–Trinajstić information content (AvgIpc) is 3.25. The van der Waals surface area contributed by atoms with E-state index in [0.29, 0.717) is 21.7 Å². The number of allylic oxidation sites excluding steroid dienone is 3. The zero-order valence-corrected chi connectivity index (χ0v) is 27.5. The molecule has 1 aliphatic heterocycles. The topological polar surface area (TPSA) is 168 Å². The number of nitrogens with one attached hydrogen (secondary N) is 2. The maximum absolute atomic E-state index is 13.7. The Hall–Kier alpha value is -4.52. The van der Waals surface area contributed by atoms with E-state index in [1.54, 1.807) is 26.0 Å².